The molecular formula is C21H22N2O6. The summed E-state index contributed by atoms with van der Waals surface area (Å²) in [6.45, 7) is 2.98. The van der Waals surface area contributed by atoms with Gasteiger partial charge in [-0.25, -0.2) is 9.78 Å². The zero-order chi connectivity index (χ0) is 21.0. The molecule has 1 amide bonds. The lowest BCUT2D eigenvalue weighted by molar-refractivity contribution is -0.146. The van der Waals surface area contributed by atoms with Crippen molar-refractivity contribution < 1.29 is 28.9 Å². The van der Waals surface area contributed by atoms with Crippen LogP contribution in [0, 0.1) is 0 Å². The van der Waals surface area contributed by atoms with Crippen molar-refractivity contribution in [3.8, 4) is 5.75 Å². The Morgan fingerprint density at radius 2 is 2.03 bits per heavy atom. The van der Waals surface area contributed by atoms with Gasteiger partial charge in [0.05, 0.1) is 7.11 Å². The minimum Gasteiger partial charge on any atom is -0.505 e. The van der Waals surface area contributed by atoms with Gasteiger partial charge in [0.1, 0.15) is 23.8 Å². The van der Waals surface area contributed by atoms with Gasteiger partial charge in [-0.3, -0.25) is 4.79 Å². The van der Waals surface area contributed by atoms with Gasteiger partial charge < -0.3 is 24.6 Å². The molecule has 0 aromatic carbocycles. The summed E-state index contributed by atoms with van der Waals surface area (Å²) in [5, 5.41) is 12.8. The molecule has 8 nitrogen and oxygen atoms in total. The summed E-state index contributed by atoms with van der Waals surface area (Å²) < 4.78 is 15.9. The normalized spacial score (nSPS) is 15.9. The van der Waals surface area contributed by atoms with E-state index in [-0.39, 0.29) is 11.4 Å². The molecule has 0 saturated heterocycles. The Bertz CT molecular complexity index is 956. The highest BCUT2D eigenvalue weighted by Crippen LogP contribution is 2.31. The van der Waals surface area contributed by atoms with Crippen LogP contribution >= 0.6 is 0 Å². The van der Waals surface area contributed by atoms with E-state index in [0.717, 1.165) is 18.4 Å². The Balaban J connectivity index is 1.75. The van der Waals surface area contributed by atoms with Crippen molar-refractivity contribution in [3.05, 3.63) is 65.6 Å². The molecule has 0 saturated carbocycles. The quantitative estimate of drug-likeness (QED) is 0.735. The Morgan fingerprint density at radius 3 is 2.69 bits per heavy atom. The lowest BCUT2D eigenvalue weighted by Gasteiger charge is -2.23. The zero-order valence-electron chi connectivity index (χ0n) is 16.4. The first-order valence-corrected chi connectivity index (χ1v) is 9.02. The fourth-order valence-electron chi connectivity index (χ4n) is 2.81. The number of methoxy groups -OCH3 is 1. The molecule has 1 aliphatic heterocycles. The van der Waals surface area contributed by atoms with Crippen LogP contribution in [0.1, 0.15) is 42.7 Å². The van der Waals surface area contributed by atoms with Gasteiger partial charge in [0, 0.05) is 11.8 Å². The van der Waals surface area contributed by atoms with E-state index >= 15 is 0 Å². The predicted molar refractivity (Wildman–Crippen MR) is 104 cm³/mol. The number of nitrogens with one attached hydrogen (secondary N) is 1. The number of aromatic hydroxyl groups is 1. The lowest BCUT2D eigenvalue weighted by atomic mass is 10.0. The maximum atomic E-state index is 12.4. The molecule has 0 atom stereocenters. The maximum Gasteiger partial charge on any atom is 0.330 e. The van der Waals surface area contributed by atoms with E-state index in [1.54, 1.807) is 0 Å². The molecule has 152 valence electrons. The van der Waals surface area contributed by atoms with Crippen LogP contribution in [0.5, 0.6) is 5.75 Å². The van der Waals surface area contributed by atoms with E-state index in [2.05, 4.69) is 21.1 Å². The molecule has 3 rings (SSSR count). The number of rotatable bonds is 5. The highest BCUT2D eigenvalue weighted by Gasteiger charge is 2.32. The summed E-state index contributed by atoms with van der Waals surface area (Å²) in [5.74, 6) is -0.762. The molecule has 8 heteroatoms. The monoisotopic (exact) mass is 398 g/mol. The van der Waals surface area contributed by atoms with Gasteiger partial charge >= 0.3 is 5.97 Å². The van der Waals surface area contributed by atoms with E-state index in [0.29, 0.717) is 17.1 Å². The van der Waals surface area contributed by atoms with E-state index in [1.165, 1.54) is 45.7 Å². The standard InChI is InChI=1S/C21H22N2O6/c1-21(2,20(26)27-3)23-19(25)18-15(24)9-14(10-22-18)17-12-28-11-16(29-17)13-7-5-4-6-8-13/h4-5,7,9-12,24H,6,8H2,1-3H3,(H,23,25). The molecule has 29 heavy (non-hydrogen) atoms. The van der Waals surface area contributed by atoms with Crippen molar-refractivity contribution >= 4 is 17.6 Å². The second-order valence-corrected chi connectivity index (χ2v) is 7.02. The summed E-state index contributed by atoms with van der Waals surface area (Å²) in [5.41, 5.74) is -0.0670. The van der Waals surface area contributed by atoms with Gasteiger partial charge in [-0.05, 0) is 38.3 Å². The fraction of sp³-hybridized carbons (Fsp3) is 0.286. The summed E-state index contributed by atoms with van der Waals surface area (Å²) in [6.07, 6.45) is 12.0. The third kappa shape index (κ3) is 4.48. The number of carbonyl (C=O) groups excluding carboxylic acids is 2. The molecule has 0 fully saturated rings. The highest BCUT2D eigenvalue weighted by molar-refractivity contribution is 5.98. The molecule has 2 aliphatic rings. The summed E-state index contributed by atoms with van der Waals surface area (Å²) in [4.78, 5) is 28.2. The number of aromatic nitrogens is 1. The molecule has 1 aromatic heterocycles. The average molecular weight is 398 g/mol. The van der Waals surface area contributed by atoms with Crippen LogP contribution in [0.2, 0.25) is 0 Å². The molecule has 0 spiro atoms. The van der Waals surface area contributed by atoms with E-state index < -0.39 is 17.4 Å². The first-order valence-electron chi connectivity index (χ1n) is 9.02. The van der Waals surface area contributed by atoms with Gasteiger partial charge in [0.25, 0.3) is 5.91 Å². The Labute approximate surface area is 168 Å². The number of carbonyl (C=O) groups is 2. The number of esters is 1. The summed E-state index contributed by atoms with van der Waals surface area (Å²) in [6, 6.07) is 1.35. The molecule has 1 aromatic rings. The predicted octanol–water partition coefficient (Wildman–Crippen LogP) is 2.93. The van der Waals surface area contributed by atoms with Crippen molar-refractivity contribution in [2.75, 3.05) is 7.11 Å². The molecule has 0 unspecified atom stereocenters. The van der Waals surface area contributed by atoms with E-state index in [9.17, 15) is 14.7 Å². The third-order valence-electron chi connectivity index (χ3n) is 4.39. The van der Waals surface area contributed by atoms with Crippen molar-refractivity contribution in [2.24, 2.45) is 0 Å². The summed E-state index contributed by atoms with van der Waals surface area (Å²) in [7, 11) is 1.23. The minimum absolute atomic E-state index is 0.223. The molecule has 2 heterocycles. The Morgan fingerprint density at radius 1 is 1.28 bits per heavy atom. The van der Waals surface area contributed by atoms with Crippen LogP contribution in [0.25, 0.3) is 5.76 Å². The van der Waals surface area contributed by atoms with Gasteiger partial charge in [0.15, 0.2) is 17.2 Å². The Hall–Kier alpha value is -3.55. The molecule has 2 N–H and O–H groups in total. The lowest BCUT2D eigenvalue weighted by Crippen LogP contribution is -2.50. The van der Waals surface area contributed by atoms with E-state index in [1.807, 2.05) is 12.2 Å². The number of pyridine rings is 1. The van der Waals surface area contributed by atoms with Crippen molar-refractivity contribution in [3.63, 3.8) is 0 Å². The molecule has 0 bridgehead atoms. The molecular weight excluding hydrogens is 376 g/mol. The third-order valence-corrected chi connectivity index (χ3v) is 4.39. The maximum absolute atomic E-state index is 12.4. The largest absolute Gasteiger partial charge is 0.505 e. The first-order chi connectivity index (χ1) is 13.8. The molecule has 0 radical (unpaired) electrons. The number of ether oxygens (including phenoxy) is 3. The van der Waals surface area contributed by atoms with Crippen LogP contribution < -0.4 is 5.32 Å². The molecule has 1 aliphatic carbocycles. The van der Waals surface area contributed by atoms with Crippen molar-refractivity contribution in [1.29, 1.82) is 0 Å². The Kier molecular flexibility index (Phi) is 5.72. The van der Waals surface area contributed by atoms with Gasteiger partial charge in [-0.15, -0.1) is 0 Å². The smallest absolute Gasteiger partial charge is 0.330 e. The average Bonchev–Trinajstić information content (AvgIpc) is 2.73. The number of amides is 1. The van der Waals surface area contributed by atoms with Crippen LogP contribution in [-0.2, 0) is 19.0 Å². The van der Waals surface area contributed by atoms with Crippen LogP contribution in [0.15, 0.2) is 54.3 Å². The number of hydrogen-bond acceptors (Lipinski definition) is 7. The summed E-state index contributed by atoms with van der Waals surface area (Å²) >= 11 is 0. The van der Waals surface area contributed by atoms with Crippen LogP contribution in [0.4, 0.5) is 0 Å². The van der Waals surface area contributed by atoms with Crippen molar-refractivity contribution in [1.82, 2.24) is 10.3 Å². The zero-order valence-corrected chi connectivity index (χ0v) is 16.4. The fourth-order valence-corrected chi connectivity index (χ4v) is 2.81. The van der Waals surface area contributed by atoms with Crippen LogP contribution in [0.3, 0.4) is 0 Å². The van der Waals surface area contributed by atoms with Gasteiger partial charge in [-0.2, -0.15) is 0 Å². The van der Waals surface area contributed by atoms with Crippen LogP contribution in [-0.4, -0.2) is 34.6 Å². The second kappa shape index (κ2) is 8.22. The number of allylic oxidation sites excluding steroid dienone is 4. The van der Waals surface area contributed by atoms with E-state index in [4.69, 9.17) is 9.47 Å². The topological polar surface area (TPSA) is 107 Å². The van der Waals surface area contributed by atoms with Gasteiger partial charge in [-0.1, -0.05) is 18.2 Å². The van der Waals surface area contributed by atoms with Crippen molar-refractivity contribution in [2.45, 2.75) is 32.2 Å². The SMILES string of the molecule is COC(=O)C(C)(C)NC(=O)c1ncc(C2=COC=C(C3=CC=CCC3)O2)cc1O. The minimum atomic E-state index is -1.27. The number of hydrogen-bond donors (Lipinski definition) is 2. The second-order valence-electron chi connectivity index (χ2n) is 7.02. The van der Waals surface area contributed by atoms with Gasteiger partial charge in [0.2, 0.25) is 0 Å². The number of nitrogens with zero attached hydrogens (tertiary/aromatic N) is 1. The highest BCUT2D eigenvalue weighted by atomic mass is 16.5. The first kappa shape index (κ1) is 20.2.